The average molecular weight is 266 g/mol. The SMILES string of the molecule is OC(C#CCc1ccccc1)c1ccc2c(c1)OCO2. The van der Waals surface area contributed by atoms with Crippen molar-refractivity contribution in [3.63, 3.8) is 0 Å². The summed E-state index contributed by atoms with van der Waals surface area (Å²) < 4.78 is 10.5. The van der Waals surface area contributed by atoms with Crippen LogP contribution in [-0.2, 0) is 6.42 Å². The first-order chi connectivity index (χ1) is 9.83. The molecule has 0 aliphatic carbocycles. The third kappa shape index (κ3) is 2.76. The van der Waals surface area contributed by atoms with Gasteiger partial charge in [0.15, 0.2) is 11.5 Å². The van der Waals surface area contributed by atoms with E-state index in [0.717, 1.165) is 11.1 Å². The van der Waals surface area contributed by atoms with Crippen LogP contribution in [0.15, 0.2) is 48.5 Å². The van der Waals surface area contributed by atoms with Gasteiger partial charge in [-0.25, -0.2) is 0 Å². The van der Waals surface area contributed by atoms with Gasteiger partial charge < -0.3 is 14.6 Å². The van der Waals surface area contributed by atoms with Gasteiger partial charge >= 0.3 is 0 Å². The molecule has 3 rings (SSSR count). The van der Waals surface area contributed by atoms with E-state index >= 15 is 0 Å². The molecule has 1 unspecified atom stereocenters. The summed E-state index contributed by atoms with van der Waals surface area (Å²) in [5.41, 5.74) is 1.85. The van der Waals surface area contributed by atoms with Crippen LogP contribution < -0.4 is 9.47 Å². The lowest BCUT2D eigenvalue weighted by Gasteiger charge is -2.04. The van der Waals surface area contributed by atoms with Crippen LogP contribution in [0.4, 0.5) is 0 Å². The molecule has 20 heavy (non-hydrogen) atoms. The number of hydrogen-bond acceptors (Lipinski definition) is 3. The Morgan fingerprint density at radius 1 is 1.05 bits per heavy atom. The largest absolute Gasteiger partial charge is 0.454 e. The minimum atomic E-state index is -0.812. The Morgan fingerprint density at radius 2 is 1.85 bits per heavy atom. The molecule has 0 aromatic heterocycles. The van der Waals surface area contributed by atoms with Gasteiger partial charge in [-0.3, -0.25) is 0 Å². The van der Waals surface area contributed by atoms with Crippen molar-refractivity contribution in [3.8, 4) is 23.3 Å². The minimum absolute atomic E-state index is 0.231. The molecule has 100 valence electrons. The van der Waals surface area contributed by atoms with Crippen molar-refractivity contribution in [2.45, 2.75) is 12.5 Å². The monoisotopic (exact) mass is 266 g/mol. The molecule has 1 heterocycles. The molecule has 1 aliphatic heterocycles. The standard InChI is InChI=1S/C17H14O3/c18-15(8-4-7-13-5-2-1-3-6-13)14-9-10-16-17(11-14)20-12-19-16/h1-3,5-6,9-11,15,18H,7,12H2. The van der Waals surface area contributed by atoms with Gasteiger partial charge in [-0.05, 0) is 23.3 Å². The zero-order chi connectivity index (χ0) is 13.8. The van der Waals surface area contributed by atoms with Crippen molar-refractivity contribution in [2.75, 3.05) is 6.79 Å². The van der Waals surface area contributed by atoms with E-state index in [9.17, 15) is 5.11 Å². The summed E-state index contributed by atoms with van der Waals surface area (Å²) >= 11 is 0. The highest BCUT2D eigenvalue weighted by atomic mass is 16.7. The van der Waals surface area contributed by atoms with E-state index in [1.807, 2.05) is 30.3 Å². The summed E-state index contributed by atoms with van der Waals surface area (Å²) in [7, 11) is 0. The van der Waals surface area contributed by atoms with Crippen molar-refractivity contribution in [1.29, 1.82) is 0 Å². The molecule has 0 saturated heterocycles. The summed E-state index contributed by atoms with van der Waals surface area (Å²) in [6, 6.07) is 15.3. The molecule has 2 aromatic rings. The summed E-state index contributed by atoms with van der Waals surface area (Å²) in [5, 5.41) is 10.1. The quantitative estimate of drug-likeness (QED) is 0.849. The van der Waals surface area contributed by atoms with Crippen LogP contribution >= 0.6 is 0 Å². The second kappa shape index (κ2) is 5.68. The van der Waals surface area contributed by atoms with Gasteiger partial charge in [-0.15, -0.1) is 0 Å². The Balaban J connectivity index is 1.69. The molecule has 3 nitrogen and oxygen atoms in total. The second-order valence-electron chi connectivity index (χ2n) is 4.50. The topological polar surface area (TPSA) is 38.7 Å². The first-order valence-corrected chi connectivity index (χ1v) is 6.43. The van der Waals surface area contributed by atoms with Crippen LogP contribution in [0.2, 0.25) is 0 Å². The first-order valence-electron chi connectivity index (χ1n) is 6.43. The highest BCUT2D eigenvalue weighted by Gasteiger charge is 2.15. The van der Waals surface area contributed by atoms with Gasteiger partial charge in [-0.1, -0.05) is 48.2 Å². The van der Waals surface area contributed by atoms with Crippen LogP contribution in [0.25, 0.3) is 0 Å². The highest BCUT2D eigenvalue weighted by molar-refractivity contribution is 5.46. The third-order valence-electron chi connectivity index (χ3n) is 3.09. The molecule has 0 fully saturated rings. The molecule has 0 bridgehead atoms. The maximum atomic E-state index is 10.1. The fraction of sp³-hybridized carbons (Fsp3) is 0.176. The normalized spacial score (nSPS) is 13.4. The predicted octanol–water partition coefficient (Wildman–Crippen LogP) is 2.69. The van der Waals surface area contributed by atoms with Crippen LogP contribution in [0.5, 0.6) is 11.5 Å². The number of ether oxygens (including phenoxy) is 2. The first kappa shape index (κ1) is 12.6. The molecule has 0 spiro atoms. The maximum absolute atomic E-state index is 10.1. The van der Waals surface area contributed by atoms with Gasteiger partial charge in [0.1, 0.15) is 6.10 Å². The fourth-order valence-electron chi connectivity index (χ4n) is 2.01. The summed E-state index contributed by atoms with van der Waals surface area (Å²) in [6.07, 6.45) is -0.184. The van der Waals surface area contributed by atoms with E-state index in [1.165, 1.54) is 0 Å². The van der Waals surface area contributed by atoms with Gasteiger partial charge in [0.05, 0.1) is 0 Å². The van der Waals surface area contributed by atoms with Gasteiger partial charge in [-0.2, -0.15) is 0 Å². The molecule has 1 aliphatic rings. The number of fused-ring (bicyclic) bond motifs is 1. The van der Waals surface area contributed by atoms with E-state index in [2.05, 4.69) is 11.8 Å². The number of rotatable bonds is 2. The van der Waals surface area contributed by atoms with E-state index < -0.39 is 6.10 Å². The molecule has 2 aromatic carbocycles. The Hall–Kier alpha value is -2.44. The van der Waals surface area contributed by atoms with Crippen molar-refractivity contribution in [2.24, 2.45) is 0 Å². The Morgan fingerprint density at radius 3 is 2.70 bits per heavy atom. The van der Waals surface area contributed by atoms with Gasteiger partial charge in [0.2, 0.25) is 6.79 Å². The van der Waals surface area contributed by atoms with Gasteiger partial charge in [0, 0.05) is 6.42 Å². The number of benzene rings is 2. The van der Waals surface area contributed by atoms with Crippen LogP contribution in [0, 0.1) is 11.8 Å². The fourth-order valence-corrected chi connectivity index (χ4v) is 2.01. The maximum Gasteiger partial charge on any atom is 0.231 e. The molecule has 0 amide bonds. The minimum Gasteiger partial charge on any atom is -0.454 e. The van der Waals surface area contributed by atoms with Crippen LogP contribution in [0.1, 0.15) is 17.2 Å². The number of aliphatic hydroxyl groups excluding tert-OH is 1. The predicted molar refractivity (Wildman–Crippen MR) is 75.4 cm³/mol. The lowest BCUT2D eigenvalue weighted by atomic mass is 10.1. The zero-order valence-corrected chi connectivity index (χ0v) is 10.9. The molecule has 0 saturated carbocycles. The Labute approximate surface area is 117 Å². The number of hydrogen-bond donors (Lipinski definition) is 1. The number of aliphatic hydroxyl groups is 1. The molecular weight excluding hydrogens is 252 g/mol. The van der Waals surface area contributed by atoms with E-state index in [-0.39, 0.29) is 6.79 Å². The van der Waals surface area contributed by atoms with Crippen LogP contribution in [-0.4, -0.2) is 11.9 Å². The summed E-state index contributed by atoms with van der Waals surface area (Å²) in [6.45, 7) is 0.231. The molecule has 0 radical (unpaired) electrons. The summed E-state index contributed by atoms with van der Waals surface area (Å²) in [5.74, 6) is 7.21. The lowest BCUT2D eigenvalue weighted by molar-refractivity contribution is 0.173. The molecular formula is C17H14O3. The lowest BCUT2D eigenvalue weighted by Crippen LogP contribution is -1.94. The summed E-state index contributed by atoms with van der Waals surface area (Å²) in [4.78, 5) is 0. The molecule has 3 heteroatoms. The molecule has 1 atom stereocenters. The highest BCUT2D eigenvalue weighted by Crippen LogP contribution is 2.33. The average Bonchev–Trinajstić information content (AvgIpc) is 2.95. The van der Waals surface area contributed by atoms with E-state index in [1.54, 1.807) is 18.2 Å². The third-order valence-corrected chi connectivity index (χ3v) is 3.09. The van der Waals surface area contributed by atoms with E-state index in [0.29, 0.717) is 17.9 Å². The molecule has 1 N–H and O–H groups in total. The van der Waals surface area contributed by atoms with E-state index in [4.69, 9.17) is 9.47 Å². The Bertz CT molecular complexity index is 653. The second-order valence-corrected chi connectivity index (χ2v) is 4.50. The van der Waals surface area contributed by atoms with Crippen molar-refractivity contribution in [3.05, 3.63) is 59.7 Å². The van der Waals surface area contributed by atoms with Crippen LogP contribution in [0.3, 0.4) is 0 Å². The Kier molecular flexibility index (Phi) is 3.58. The zero-order valence-electron chi connectivity index (χ0n) is 10.9. The van der Waals surface area contributed by atoms with Crippen molar-refractivity contribution >= 4 is 0 Å². The van der Waals surface area contributed by atoms with Crippen molar-refractivity contribution in [1.82, 2.24) is 0 Å². The van der Waals surface area contributed by atoms with Crippen molar-refractivity contribution < 1.29 is 14.6 Å². The van der Waals surface area contributed by atoms with Gasteiger partial charge in [0.25, 0.3) is 0 Å². The smallest absolute Gasteiger partial charge is 0.231 e.